The minimum absolute atomic E-state index is 0.180. The van der Waals surface area contributed by atoms with Crippen molar-refractivity contribution in [3.8, 4) is 22.8 Å². The van der Waals surface area contributed by atoms with Gasteiger partial charge in [0.2, 0.25) is 5.76 Å². The van der Waals surface area contributed by atoms with Crippen molar-refractivity contribution in [1.82, 2.24) is 14.5 Å². The Morgan fingerprint density at radius 2 is 2.04 bits per heavy atom. The molecule has 0 saturated carbocycles. The first-order chi connectivity index (χ1) is 13.3. The molecule has 0 saturated heterocycles. The Morgan fingerprint density at radius 3 is 2.81 bits per heavy atom. The highest BCUT2D eigenvalue weighted by atomic mass is 32.1. The van der Waals surface area contributed by atoms with Gasteiger partial charge in [-0.15, -0.1) is 11.3 Å². The van der Waals surface area contributed by atoms with Gasteiger partial charge in [0, 0.05) is 35.1 Å². The van der Waals surface area contributed by atoms with Crippen LogP contribution < -0.4 is 5.32 Å². The molecule has 0 radical (unpaired) electrons. The summed E-state index contributed by atoms with van der Waals surface area (Å²) in [6.45, 7) is 0. The lowest BCUT2D eigenvalue weighted by atomic mass is 10.1. The second-order valence-corrected chi connectivity index (χ2v) is 6.68. The number of carbonyl (C=O) groups is 1. The van der Waals surface area contributed by atoms with Crippen molar-refractivity contribution in [2.24, 2.45) is 0 Å². The third kappa shape index (κ3) is 2.91. The van der Waals surface area contributed by atoms with Crippen molar-refractivity contribution < 1.29 is 13.7 Å². The van der Waals surface area contributed by atoms with Gasteiger partial charge in [0.25, 0.3) is 5.91 Å². The Morgan fingerprint density at radius 1 is 1.15 bits per heavy atom. The fourth-order valence-corrected chi connectivity index (χ4v) is 3.40. The van der Waals surface area contributed by atoms with Crippen LogP contribution in [-0.2, 0) is 0 Å². The van der Waals surface area contributed by atoms with Crippen molar-refractivity contribution in [3.05, 3.63) is 72.2 Å². The zero-order chi connectivity index (χ0) is 18.2. The number of hydrogen-bond donors (Lipinski definition) is 1. The highest BCUT2D eigenvalue weighted by Gasteiger charge is 2.15. The largest absolute Gasteiger partial charge is 0.461 e. The van der Waals surface area contributed by atoms with Crippen molar-refractivity contribution >= 4 is 27.9 Å². The first-order valence-electron chi connectivity index (χ1n) is 8.11. The quantitative estimate of drug-likeness (QED) is 0.497. The fourth-order valence-electron chi connectivity index (χ4n) is 2.70. The minimum Gasteiger partial charge on any atom is -0.461 e. The number of imidazole rings is 1. The van der Waals surface area contributed by atoms with Crippen LogP contribution in [0.25, 0.3) is 27.7 Å². The van der Waals surface area contributed by atoms with Crippen molar-refractivity contribution in [3.63, 3.8) is 0 Å². The van der Waals surface area contributed by atoms with E-state index in [1.54, 1.807) is 29.5 Å². The molecule has 4 heterocycles. The molecule has 5 rings (SSSR count). The molecule has 0 unspecified atom stereocenters. The number of fused-ring (bicyclic) bond motifs is 1. The van der Waals surface area contributed by atoms with Crippen molar-refractivity contribution in [1.29, 1.82) is 0 Å². The van der Waals surface area contributed by atoms with Crippen LogP contribution in [0.15, 0.2) is 75.4 Å². The summed E-state index contributed by atoms with van der Waals surface area (Å²) in [5.41, 5.74) is 2.71. The number of anilines is 1. The molecular formula is C19H12N4O3S. The van der Waals surface area contributed by atoms with Crippen LogP contribution in [0.4, 0.5) is 5.69 Å². The van der Waals surface area contributed by atoms with Gasteiger partial charge in [-0.3, -0.25) is 9.20 Å². The number of rotatable bonds is 4. The van der Waals surface area contributed by atoms with E-state index in [0.29, 0.717) is 17.2 Å². The van der Waals surface area contributed by atoms with Crippen LogP contribution in [0.3, 0.4) is 0 Å². The predicted octanol–water partition coefficient (Wildman–Crippen LogP) is 4.56. The van der Waals surface area contributed by atoms with E-state index in [0.717, 1.165) is 16.2 Å². The number of thiazole rings is 1. The van der Waals surface area contributed by atoms with E-state index in [4.69, 9.17) is 8.94 Å². The number of amides is 1. The summed E-state index contributed by atoms with van der Waals surface area (Å²) in [6, 6.07) is 12.5. The van der Waals surface area contributed by atoms with E-state index >= 15 is 0 Å². The predicted molar refractivity (Wildman–Crippen MR) is 101 cm³/mol. The molecular weight excluding hydrogens is 364 g/mol. The van der Waals surface area contributed by atoms with E-state index < -0.39 is 0 Å². The first kappa shape index (κ1) is 15.6. The van der Waals surface area contributed by atoms with Crippen LogP contribution in [0, 0.1) is 0 Å². The highest BCUT2D eigenvalue weighted by Crippen LogP contribution is 2.24. The molecule has 5 aromatic rings. The van der Waals surface area contributed by atoms with Gasteiger partial charge in [0.05, 0.1) is 12.0 Å². The standard InChI is InChI=1S/C19H12N4O3S/c24-18(14-10-17(26-22-14)16-2-1-8-25-16)20-13-5-3-12(4-6-13)15-11-23-7-9-27-19(23)21-15/h1-11H,(H,20,24). The van der Waals surface area contributed by atoms with Gasteiger partial charge in [-0.1, -0.05) is 17.3 Å². The topological polar surface area (TPSA) is 85.6 Å². The van der Waals surface area contributed by atoms with Gasteiger partial charge < -0.3 is 14.3 Å². The molecule has 1 aromatic carbocycles. The summed E-state index contributed by atoms with van der Waals surface area (Å²) in [7, 11) is 0. The molecule has 8 heteroatoms. The molecule has 1 N–H and O–H groups in total. The molecule has 0 fully saturated rings. The number of carbonyl (C=O) groups excluding carboxylic acids is 1. The van der Waals surface area contributed by atoms with Gasteiger partial charge in [-0.2, -0.15) is 0 Å². The second-order valence-electron chi connectivity index (χ2n) is 5.80. The number of furan rings is 1. The summed E-state index contributed by atoms with van der Waals surface area (Å²) in [4.78, 5) is 17.9. The number of nitrogens with zero attached hydrogens (tertiary/aromatic N) is 3. The average molecular weight is 376 g/mol. The van der Waals surface area contributed by atoms with Gasteiger partial charge in [0.15, 0.2) is 16.4 Å². The van der Waals surface area contributed by atoms with Crippen LogP contribution in [-0.4, -0.2) is 20.4 Å². The molecule has 4 aromatic heterocycles. The number of aromatic nitrogens is 3. The first-order valence-corrected chi connectivity index (χ1v) is 8.99. The van der Waals surface area contributed by atoms with Crippen LogP contribution >= 0.6 is 11.3 Å². The molecule has 27 heavy (non-hydrogen) atoms. The van der Waals surface area contributed by atoms with Crippen LogP contribution in [0.1, 0.15) is 10.5 Å². The maximum absolute atomic E-state index is 12.4. The normalized spacial score (nSPS) is 11.1. The monoisotopic (exact) mass is 376 g/mol. The summed E-state index contributed by atoms with van der Waals surface area (Å²) in [5, 5.41) is 8.59. The maximum atomic E-state index is 12.4. The fraction of sp³-hybridized carbons (Fsp3) is 0. The van der Waals surface area contributed by atoms with Gasteiger partial charge in [-0.25, -0.2) is 4.98 Å². The Labute approximate surface area is 156 Å². The van der Waals surface area contributed by atoms with Crippen LogP contribution in [0.5, 0.6) is 0 Å². The SMILES string of the molecule is O=C(Nc1ccc(-c2cn3ccsc3n2)cc1)c1cc(-c2ccco2)on1. The number of benzene rings is 1. The molecule has 0 aliphatic rings. The number of nitrogens with one attached hydrogen (secondary N) is 1. The lowest BCUT2D eigenvalue weighted by molar-refractivity contribution is 0.101. The highest BCUT2D eigenvalue weighted by molar-refractivity contribution is 7.15. The molecule has 132 valence electrons. The minimum atomic E-state index is -0.355. The Hall–Kier alpha value is -3.65. The summed E-state index contributed by atoms with van der Waals surface area (Å²) >= 11 is 1.59. The van der Waals surface area contributed by atoms with Crippen molar-refractivity contribution in [2.75, 3.05) is 5.32 Å². The Kier molecular flexibility index (Phi) is 3.61. The molecule has 7 nitrogen and oxygen atoms in total. The number of hydrogen-bond acceptors (Lipinski definition) is 6. The molecule has 0 atom stereocenters. The Balaban J connectivity index is 1.32. The zero-order valence-corrected chi connectivity index (χ0v) is 14.6. The van der Waals surface area contributed by atoms with Gasteiger partial charge >= 0.3 is 0 Å². The third-order valence-corrected chi connectivity index (χ3v) is 4.81. The third-order valence-electron chi connectivity index (χ3n) is 4.04. The van der Waals surface area contributed by atoms with Gasteiger partial charge in [0.1, 0.15) is 0 Å². The average Bonchev–Trinajstić information content (AvgIpc) is 3.45. The van der Waals surface area contributed by atoms with E-state index in [2.05, 4.69) is 15.5 Å². The van der Waals surface area contributed by atoms with E-state index in [1.807, 2.05) is 46.4 Å². The summed E-state index contributed by atoms with van der Waals surface area (Å²) < 4.78 is 12.4. The smallest absolute Gasteiger partial charge is 0.277 e. The molecule has 0 spiro atoms. The maximum Gasteiger partial charge on any atom is 0.277 e. The molecule has 0 bridgehead atoms. The van der Waals surface area contributed by atoms with E-state index in [1.165, 1.54) is 6.26 Å². The second kappa shape index (κ2) is 6.26. The van der Waals surface area contributed by atoms with E-state index in [-0.39, 0.29) is 11.6 Å². The summed E-state index contributed by atoms with van der Waals surface area (Å²) in [5.74, 6) is 0.568. The lowest BCUT2D eigenvalue weighted by Gasteiger charge is -2.03. The molecule has 0 aliphatic carbocycles. The zero-order valence-electron chi connectivity index (χ0n) is 13.8. The molecule has 1 amide bonds. The van der Waals surface area contributed by atoms with E-state index in [9.17, 15) is 4.79 Å². The molecule has 0 aliphatic heterocycles. The van der Waals surface area contributed by atoms with Gasteiger partial charge in [-0.05, 0) is 24.3 Å². The van der Waals surface area contributed by atoms with Crippen LogP contribution in [0.2, 0.25) is 0 Å². The summed E-state index contributed by atoms with van der Waals surface area (Å²) in [6.07, 6.45) is 5.48. The lowest BCUT2D eigenvalue weighted by Crippen LogP contribution is -2.11. The van der Waals surface area contributed by atoms with Crippen molar-refractivity contribution in [2.45, 2.75) is 0 Å². The Bertz CT molecular complexity index is 1190.